The number of carbonyl (C=O) groups excluding carboxylic acids is 1. The zero-order valence-electron chi connectivity index (χ0n) is 16.1. The van der Waals surface area contributed by atoms with Crippen molar-refractivity contribution >= 4 is 11.9 Å². The van der Waals surface area contributed by atoms with Crippen LogP contribution in [0.1, 0.15) is 99.2 Å². The fourth-order valence-corrected chi connectivity index (χ4v) is 2.64. The maximum absolute atomic E-state index is 11.8. The lowest BCUT2D eigenvalue weighted by Gasteiger charge is -2.17. The molecule has 136 valence electrons. The van der Waals surface area contributed by atoms with Crippen molar-refractivity contribution in [1.82, 2.24) is 5.32 Å². The van der Waals surface area contributed by atoms with E-state index in [0.29, 0.717) is 13.3 Å². The standard InChI is InChI=1S/C19H37NO3/c1-4-5-6-7-8-9-10-11-12-13-14-15-17(21)20-18(16(2)3)19(22)23/h16,18H,4-15H2,1-3H3,(H,20,21)(H,22,23)/t18-/m0/s1/i1D. The third kappa shape index (κ3) is 13.1. The van der Waals surface area contributed by atoms with Gasteiger partial charge in [-0.3, -0.25) is 4.79 Å². The highest BCUT2D eigenvalue weighted by atomic mass is 16.4. The van der Waals surface area contributed by atoms with E-state index < -0.39 is 12.0 Å². The van der Waals surface area contributed by atoms with Gasteiger partial charge in [0.1, 0.15) is 6.04 Å². The molecule has 4 nitrogen and oxygen atoms in total. The zero-order chi connectivity index (χ0) is 18.2. The Hall–Kier alpha value is -1.06. The maximum Gasteiger partial charge on any atom is 0.326 e. The van der Waals surface area contributed by atoms with Crippen LogP contribution in [0.3, 0.4) is 0 Å². The Morgan fingerprint density at radius 3 is 1.83 bits per heavy atom. The summed E-state index contributed by atoms with van der Waals surface area (Å²) < 4.78 is 7.08. The molecule has 0 unspecified atom stereocenters. The molecule has 0 spiro atoms. The van der Waals surface area contributed by atoms with Crippen LogP contribution in [0.2, 0.25) is 0 Å². The minimum atomic E-state index is -0.960. The van der Waals surface area contributed by atoms with Crippen molar-refractivity contribution in [2.75, 3.05) is 0 Å². The Labute approximate surface area is 143 Å². The normalized spacial score (nSPS) is 12.9. The first kappa shape index (κ1) is 20.0. The molecular formula is C19H37NO3. The van der Waals surface area contributed by atoms with Gasteiger partial charge in [0.2, 0.25) is 5.91 Å². The summed E-state index contributed by atoms with van der Waals surface area (Å²) >= 11 is 0. The number of nitrogens with one attached hydrogen (secondary N) is 1. The maximum atomic E-state index is 11.8. The summed E-state index contributed by atoms with van der Waals surface area (Å²) in [7, 11) is 0. The van der Waals surface area contributed by atoms with Gasteiger partial charge >= 0.3 is 5.97 Å². The largest absolute Gasteiger partial charge is 0.480 e. The molecule has 0 saturated carbocycles. The fourth-order valence-electron chi connectivity index (χ4n) is 2.64. The number of carboxylic acids is 1. The summed E-state index contributed by atoms with van der Waals surface area (Å²) in [6.07, 6.45) is 13.3. The first-order valence-electron chi connectivity index (χ1n) is 10.0. The van der Waals surface area contributed by atoms with Crippen molar-refractivity contribution in [2.45, 2.75) is 104 Å². The van der Waals surface area contributed by atoms with E-state index in [4.69, 9.17) is 6.48 Å². The van der Waals surface area contributed by atoms with Gasteiger partial charge in [-0.15, -0.1) is 0 Å². The molecular weight excluding hydrogens is 290 g/mol. The molecule has 0 heterocycles. The van der Waals surface area contributed by atoms with Crippen molar-refractivity contribution < 1.29 is 16.1 Å². The third-order valence-corrected chi connectivity index (χ3v) is 4.15. The summed E-state index contributed by atoms with van der Waals surface area (Å²) in [5.41, 5.74) is 0. The van der Waals surface area contributed by atoms with E-state index in [1.807, 2.05) is 0 Å². The smallest absolute Gasteiger partial charge is 0.326 e. The van der Waals surface area contributed by atoms with Crippen LogP contribution in [0.5, 0.6) is 0 Å². The number of carboxylic acid groups (broad SMARTS) is 1. The Kier molecular flexibility index (Phi) is 12.6. The minimum absolute atomic E-state index is 0.0987. The van der Waals surface area contributed by atoms with Crippen molar-refractivity contribution in [3.8, 4) is 0 Å². The van der Waals surface area contributed by atoms with Gasteiger partial charge in [-0.25, -0.2) is 4.79 Å². The molecule has 0 aromatic heterocycles. The van der Waals surface area contributed by atoms with Crippen molar-refractivity contribution in [1.29, 1.82) is 0 Å². The summed E-state index contributed by atoms with van der Waals surface area (Å²) in [5, 5.41) is 11.6. The molecule has 0 aromatic rings. The number of rotatable bonds is 15. The molecule has 0 aliphatic rings. The van der Waals surface area contributed by atoms with E-state index in [0.717, 1.165) is 25.7 Å². The number of hydrogen-bond donors (Lipinski definition) is 2. The monoisotopic (exact) mass is 328 g/mol. The zero-order valence-corrected chi connectivity index (χ0v) is 15.1. The van der Waals surface area contributed by atoms with Crippen LogP contribution in [0.25, 0.3) is 0 Å². The van der Waals surface area contributed by atoms with Gasteiger partial charge in [-0.2, -0.15) is 0 Å². The van der Waals surface area contributed by atoms with Crippen LogP contribution in [-0.4, -0.2) is 23.0 Å². The van der Waals surface area contributed by atoms with E-state index >= 15 is 0 Å². The predicted octanol–water partition coefficient (Wildman–Crippen LogP) is 4.91. The molecule has 4 heteroatoms. The number of carbonyl (C=O) groups is 2. The fraction of sp³-hybridized carbons (Fsp3) is 0.895. The van der Waals surface area contributed by atoms with Crippen LogP contribution in [0, 0.1) is 5.92 Å². The minimum Gasteiger partial charge on any atom is -0.480 e. The third-order valence-electron chi connectivity index (χ3n) is 4.15. The van der Waals surface area contributed by atoms with Gasteiger partial charge in [-0.1, -0.05) is 85.0 Å². The van der Waals surface area contributed by atoms with Crippen LogP contribution in [0.4, 0.5) is 0 Å². The van der Waals surface area contributed by atoms with E-state index in [1.54, 1.807) is 13.8 Å². The van der Waals surface area contributed by atoms with Gasteiger partial charge in [0.05, 0.1) is 0 Å². The van der Waals surface area contributed by atoms with E-state index in [1.165, 1.54) is 44.9 Å². The highest BCUT2D eigenvalue weighted by molar-refractivity contribution is 5.83. The second-order valence-electron chi connectivity index (χ2n) is 6.77. The molecule has 0 bridgehead atoms. The first-order chi connectivity index (χ1) is 11.5. The summed E-state index contributed by atoms with van der Waals surface area (Å²) in [5.74, 6) is -1.21. The Morgan fingerprint density at radius 1 is 0.913 bits per heavy atom. The highest BCUT2D eigenvalue weighted by Gasteiger charge is 2.22. The summed E-state index contributed by atoms with van der Waals surface area (Å²) in [6.45, 7) is 4.16. The number of aliphatic carboxylic acids is 1. The van der Waals surface area contributed by atoms with Crippen LogP contribution >= 0.6 is 0 Å². The molecule has 0 saturated heterocycles. The Balaban J connectivity index is 3.43. The molecule has 0 rings (SSSR count). The molecule has 0 fully saturated rings. The predicted molar refractivity (Wildman–Crippen MR) is 95.5 cm³/mol. The van der Waals surface area contributed by atoms with E-state index in [-0.39, 0.29) is 11.8 Å². The average molecular weight is 329 g/mol. The lowest BCUT2D eigenvalue weighted by atomic mass is 10.0. The van der Waals surface area contributed by atoms with E-state index in [9.17, 15) is 9.59 Å². The quantitative estimate of drug-likeness (QED) is 0.420. The van der Waals surface area contributed by atoms with Gasteiger partial charge < -0.3 is 10.4 Å². The van der Waals surface area contributed by atoms with Gasteiger partial charge in [0.15, 0.2) is 0 Å². The molecule has 1 amide bonds. The van der Waals surface area contributed by atoms with Gasteiger partial charge in [-0.05, 0) is 12.3 Å². The van der Waals surface area contributed by atoms with Crippen LogP contribution in [0.15, 0.2) is 0 Å². The van der Waals surface area contributed by atoms with Crippen molar-refractivity contribution in [2.24, 2.45) is 5.92 Å². The summed E-state index contributed by atoms with van der Waals surface area (Å²) in [6, 6.07) is -0.779. The second-order valence-corrected chi connectivity index (χ2v) is 6.77. The number of amides is 1. The number of hydrogen-bond acceptors (Lipinski definition) is 2. The SMILES string of the molecule is [2H]CCCCCCCCCCCCCC(=O)N[C@H](C(=O)O)C(C)C. The lowest BCUT2D eigenvalue weighted by Crippen LogP contribution is -2.44. The van der Waals surface area contributed by atoms with Crippen LogP contribution < -0.4 is 5.32 Å². The Morgan fingerprint density at radius 2 is 1.39 bits per heavy atom. The van der Waals surface area contributed by atoms with Gasteiger partial charge in [0, 0.05) is 7.79 Å². The molecule has 1 atom stereocenters. The van der Waals surface area contributed by atoms with Crippen LogP contribution in [-0.2, 0) is 9.59 Å². The molecule has 0 aliphatic heterocycles. The highest BCUT2D eigenvalue weighted by Crippen LogP contribution is 2.12. The topological polar surface area (TPSA) is 66.4 Å². The first-order valence-corrected chi connectivity index (χ1v) is 9.30. The molecule has 2 N–H and O–H groups in total. The van der Waals surface area contributed by atoms with Gasteiger partial charge in [0.25, 0.3) is 0 Å². The second kappa shape index (κ2) is 14.5. The molecule has 23 heavy (non-hydrogen) atoms. The number of unbranched alkanes of at least 4 members (excludes halogenated alkanes) is 10. The Bertz CT molecular complexity index is 335. The van der Waals surface area contributed by atoms with Crippen molar-refractivity contribution in [3.05, 3.63) is 0 Å². The van der Waals surface area contributed by atoms with E-state index in [2.05, 4.69) is 5.32 Å². The molecule has 0 radical (unpaired) electrons. The average Bonchev–Trinajstić information content (AvgIpc) is 2.53. The summed E-state index contributed by atoms with van der Waals surface area (Å²) in [4.78, 5) is 22.8. The van der Waals surface area contributed by atoms with Crippen molar-refractivity contribution in [3.63, 3.8) is 0 Å². The molecule has 0 aliphatic carbocycles. The lowest BCUT2D eigenvalue weighted by molar-refractivity contribution is -0.143. The molecule has 0 aromatic carbocycles.